The number of ether oxygens (including phenoxy) is 1. The third-order valence-corrected chi connectivity index (χ3v) is 1.42. The Morgan fingerprint density at radius 2 is 2.33 bits per heavy atom. The maximum Gasteiger partial charge on any atom is 0.245 e. The molecule has 0 spiro atoms. The predicted molar refractivity (Wildman–Crippen MR) is 67.8 cm³/mol. The summed E-state index contributed by atoms with van der Waals surface area (Å²) < 4.78 is 124. The Kier molecular flexibility index (Phi) is 1.48. The highest BCUT2D eigenvalue weighted by Crippen LogP contribution is 1.97. The third kappa shape index (κ3) is 4.97. The second-order valence-corrected chi connectivity index (χ2v) is 2.61. The molecule has 18 heavy (non-hydrogen) atoms. The van der Waals surface area contributed by atoms with Crippen LogP contribution in [-0.2, 0) is 20.8 Å². The van der Waals surface area contributed by atoms with E-state index in [4.69, 9.17) is 21.9 Å². The first-order valence-corrected chi connectivity index (χ1v) is 4.32. The molecule has 1 rings (SSSR count). The lowest BCUT2D eigenvalue weighted by Gasteiger charge is -2.16. The largest absolute Gasteiger partial charge is 0.382 e. The van der Waals surface area contributed by atoms with Crippen molar-refractivity contribution >= 4 is 11.8 Å². The van der Waals surface area contributed by atoms with E-state index in [1.165, 1.54) is 10.6 Å². The summed E-state index contributed by atoms with van der Waals surface area (Å²) in [4.78, 5) is 24.7. The summed E-state index contributed by atoms with van der Waals surface area (Å²) in [6.07, 6.45) is 0. The summed E-state index contributed by atoms with van der Waals surface area (Å²) in [5.74, 6) is -4.30. The number of nitrogens with one attached hydrogen (secondary N) is 2. The molecular formula is C13H18N2O3. The molecule has 2 N–H and O–H groups in total. The standard InChI is InChI=1S/C13H18N2O3/c1-10(16)15-12(9-18-2)13(17)14-8-11-6-4-3-5-7-11/h3-7,12H,8-9H2,1-2H3,(H,14,17)(H,15,16)/i1D3,2D3,3D,4D,5D,6D,7D,8D2,9D2,12D. The van der Waals surface area contributed by atoms with Crippen molar-refractivity contribution in [3.05, 3.63) is 35.8 Å². The van der Waals surface area contributed by atoms with E-state index in [2.05, 4.69) is 4.74 Å². The fourth-order valence-corrected chi connectivity index (χ4v) is 0.787. The molecule has 1 atom stereocenters. The van der Waals surface area contributed by atoms with Gasteiger partial charge in [-0.1, -0.05) is 30.2 Å². The summed E-state index contributed by atoms with van der Waals surface area (Å²) in [7, 11) is -3.62. The van der Waals surface area contributed by atoms with Gasteiger partial charge in [0.1, 0.15) is 6.02 Å². The first kappa shape index (κ1) is 3.57. The van der Waals surface area contributed by atoms with Gasteiger partial charge in [0.05, 0.1) is 24.4 Å². The van der Waals surface area contributed by atoms with Gasteiger partial charge < -0.3 is 15.4 Å². The Morgan fingerprint density at radius 1 is 1.56 bits per heavy atom. The second kappa shape index (κ2) is 7.45. The minimum absolute atomic E-state index is 0.900. The predicted octanol–water partition coefficient (Wildman–Crippen LogP) is 0.454. The molecule has 0 saturated carbocycles. The zero-order valence-electron chi connectivity index (χ0n) is 24.7. The summed E-state index contributed by atoms with van der Waals surface area (Å²) in [6, 6.07) is -9.07. The van der Waals surface area contributed by atoms with Crippen LogP contribution in [0.15, 0.2) is 30.2 Å². The topological polar surface area (TPSA) is 67.4 Å². The molecule has 2 amide bonds. The highest BCUT2D eigenvalue weighted by molar-refractivity contribution is 5.86. The molecule has 0 heterocycles. The van der Waals surface area contributed by atoms with Crippen LogP contribution in [-0.4, -0.2) is 31.4 Å². The first-order valence-electron chi connectivity index (χ1n) is 12.3. The Labute approximate surface area is 129 Å². The number of rotatable bonds is 6. The Balaban J connectivity index is 3.63. The molecule has 98 valence electrons. The number of amides is 2. The second-order valence-electron chi connectivity index (χ2n) is 2.61. The number of hydrogen-bond acceptors (Lipinski definition) is 3. The fourth-order valence-electron chi connectivity index (χ4n) is 0.787. The molecule has 5 heteroatoms. The summed E-state index contributed by atoms with van der Waals surface area (Å²) >= 11 is 0. The van der Waals surface area contributed by atoms with Gasteiger partial charge in [0, 0.05) is 24.5 Å². The smallest absolute Gasteiger partial charge is 0.245 e. The van der Waals surface area contributed by atoms with E-state index in [0.29, 0.717) is 0 Å². The first-order chi connectivity index (χ1) is 14.9. The molecule has 0 saturated heterocycles. The van der Waals surface area contributed by atoms with Gasteiger partial charge in [-0.25, -0.2) is 0 Å². The maximum absolute atomic E-state index is 12.8. The fraction of sp³-hybridized carbons (Fsp3) is 0.385. The summed E-state index contributed by atoms with van der Waals surface area (Å²) in [6.45, 7) is -11.0. The van der Waals surface area contributed by atoms with Crippen LogP contribution in [0.25, 0.3) is 0 Å². The van der Waals surface area contributed by atoms with Crippen LogP contribution in [0.5, 0.6) is 0 Å². The normalized spacial score (nSPS) is 29.3. The Hall–Kier alpha value is -1.88. The lowest BCUT2D eigenvalue weighted by atomic mass is 10.2. The van der Waals surface area contributed by atoms with Gasteiger partial charge in [-0.3, -0.25) is 9.59 Å². The van der Waals surface area contributed by atoms with E-state index in [0.717, 1.165) is 0 Å². The summed E-state index contributed by atoms with van der Waals surface area (Å²) in [5, 5.41) is 2.52. The Bertz CT molecular complexity index is 959. The van der Waals surface area contributed by atoms with Crippen molar-refractivity contribution in [3.8, 4) is 0 Å². The van der Waals surface area contributed by atoms with Crippen molar-refractivity contribution in [1.29, 1.82) is 0 Å². The zero-order chi connectivity index (χ0) is 27.2. The minimum atomic E-state index is -4.00. The molecule has 1 aromatic carbocycles. The van der Waals surface area contributed by atoms with Gasteiger partial charge in [0.2, 0.25) is 11.8 Å². The molecule has 0 radical (unpaired) electrons. The van der Waals surface area contributed by atoms with Gasteiger partial charge >= 0.3 is 0 Å². The van der Waals surface area contributed by atoms with Gasteiger partial charge in [-0.15, -0.1) is 0 Å². The third-order valence-electron chi connectivity index (χ3n) is 1.42. The molecule has 0 fully saturated rings. The summed E-state index contributed by atoms with van der Waals surface area (Å²) in [5.41, 5.74) is -1.14. The van der Waals surface area contributed by atoms with Crippen LogP contribution in [0.2, 0.25) is 0 Å². The van der Waals surface area contributed by atoms with Gasteiger partial charge in [-0.2, -0.15) is 0 Å². The molecule has 1 unspecified atom stereocenters. The van der Waals surface area contributed by atoms with Crippen LogP contribution < -0.4 is 10.6 Å². The van der Waals surface area contributed by atoms with E-state index in [9.17, 15) is 9.59 Å². The molecule has 0 aliphatic rings. The Morgan fingerprint density at radius 3 is 3.00 bits per heavy atom. The van der Waals surface area contributed by atoms with Crippen LogP contribution in [0, 0.1) is 0 Å². The van der Waals surface area contributed by atoms with Crippen molar-refractivity contribution < 1.29 is 36.3 Å². The van der Waals surface area contributed by atoms with E-state index in [1.807, 2.05) is 0 Å². The lowest BCUT2D eigenvalue weighted by molar-refractivity contribution is -0.129. The van der Waals surface area contributed by atoms with E-state index < -0.39 is 80.6 Å². The van der Waals surface area contributed by atoms with Crippen molar-refractivity contribution in [3.63, 3.8) is 0 Å². The van der Waals surface area contributed by atoms with Crippen molar-refractivity contribution in [1.82, 2.24) is 10.6 Å². The molecule has 0 aromatic heterocycles. The molecule has 0 aliphatic heterocycles. The monoisotopic (exact) mass is 266 g/mol. The average Bonchev–Trinajstić information content (AvgIpc) is 2.61. The van der Waals surface area contributed by atoms with Crippen molar-refractivity contribution in [2.45, 2.75) is 19.4 Å². The molecule has 0 aliphatic carbocycles. The SMILES string of the molecule is [2H]c1c([2H])c([2H])c(C([2H])([2H])NC(=O)C([2H])(NC(=O)C([2H])([2H])[2H])C([2H])([2H])OC([2H])([2H])[2H])c([2H])c1[2H]. The van der Waals surface area contributed by atoms with Crippen LogP contribution in [0.1, 0.15) is 34.3 Å². The molecular weight excluding hydrogens is 232 g/mol. The van der Waals surface area contributed by atoms with Gasteiger partial charge in [-0.05, 0) is 5.56 Å². The van der Waals surface area contributed by atoms with E-state index in [1.54, 1.807) is 0 Å². The van der Waals surface area contributed by atoms with E-state index in [-0.39, 0.29) is 0 Å². The lowest BCUT2D eigenvalue weighted by Crippen LogP contribution is -2.48. The number of carbonyl (C=O) groups excluding carboxylic acids is 2. The zero-order valence-corrected chi connectivity index (χ0v) is 8.72. The van der Waals surface area contributed by atoms with E-state index >= 15 is 0 Å². The van der Waals surface area contributed by atoms with Gasteiger partial charge in [0.25, 0.3) is 0 Å². The number of benzene rings is 1. The highest BCUT2D eigenvalue weighted by Gasteiger charge is 2.18. The van der Waals surface area contributed by atoms with Crippen molar-refractivity contribution in [2.24, 2.45) is 0 Å². The quantitative estimate of drug-likeness (QED) is 0.786. The molecule has 1 aromatic rings. The van der Waals surface area contributed by atoms with Crippen LogP contribution in [0.3, 0.4) is 0 Å². The minimum Gasteiger partial charge on any atom is -0.382 e. The van der Waals surface area contributed by atoms with Gasteiger partial charge in [0.15, 0.2) is 0 Å². The number of carbonyl (C=O) groups is 2. The molecule has 5 nitrogen and oxygen atoms in total. The number of methoxy groups -OCH3 is 1. The maximum atomic E-state index is 12.8. The average molecular weight is 266 g/mol. The van der Waals surface area contributed by atoms with Crippen LogP contribution >= 0.6 is 0 Å². The van der Waals surface area contributed by atoms with Crippen LogP contribution in [0.4, 0.5) is 0 Å². The highest BCUT2D eigenvalue weighted by atomic mass is 16.5. The molecule has 0 bridgehead atoms. The number of hydrogen-bond donors (Lipinski definition) is 2. The van der Waals surface area contributed by atoms with Crippen molar-refractivity contribution in [2.75, 3.05) is 13.6 Å².